The normalized spacial score (nSPS) is 11.7. The number of carbonyl (C=O) groups excluding carboxylic acids is 2. The lowest BCUT2D eigenvalue weighted by atomic mass is 10.1. The Labute approximate surface area is 148 Å². The Morgan fingerprint density at radius 1 is 1.17 bits per heavy atom. The van der Waals surface area contributed by atoms with Crippen molar-refractivity contribution in [2.24, 2.45) is 0 Å². The molecule has 0 unspecified atom stereocenters. The Morgan fingerprint density at radius 3 is 2.54 bits per heavy atom. The van der Waals surface area contributed by atoms with Crippen LogP contribution >= 0.6 is 15.9 Å². The Hall–Kier alpha value is -2.21. The quantitative estimate of drug-likeness (QED) is 0.783. The van der Waals surface area contributed by atoms with Crippen molar-refractivity contribution in [1.29, 1.82) is 0 Å². The Bertz CT molecular complexity index is 792. The van der Waals surface area contributed by atoms with E-state index in [0.717, 1.165) is 17.2 Å². The van der Waals surface area contributed by atoms with Gasteiger partial charge in [-0.1, -0.05) is 17.7 Å². The first-order chi connectivity index (χ1) is 11.3. The molecule has 0 spiro atoms. The zero-order chi connectivity index (χ0) is 17.9. The van der Waals surface area contributed by atoms with Crippen LogP contribution in [0.2, 0.25) is 0 Å². The average molecular weight is 394 g/mol. The van der Waals surface area contributed by atoms with Gasteiger partial charge >= 0.3 is 5.97 Å². The van der Waals surface area contributed by atoms with Crippen LogP contribution in [0.1, 0.15) is 28.4 Å². The Balaban J connectivity index is 2.05. The molecule has 2 aromatic rings. The molecule has 0 aliphatic rings. The van der Waals surface area contributed by atoms with Crippen molar-refractivity contribution >= 4 is 33.5 Å². The van der Waals surface area contributed by atoms with Gasteiger partial charge in [0, 0.05) is 10.2 Å². The van der Waals surface area contributed by atoms with Gasteiger partial charge < -0.3 is 10.1 Å². The first-order valence-corrected chi connectivity index (χ1v) is 8.11. The van der Waals surface area contributed by atoms with E-state index in [0.29, 0.717) is 10.2 Å². The van der Waals surface area contributed by atoms with Crippen LogP contribution in [0, 0.1) is 19.7 Å². The van der Waals surface area contributed by atoms with Crippen LogP contribution < -0.4 is 5.32 Å². The summed E-state index contributed by atoms with van der Waals surface area (Å²) in [5.74, 6) is -1.79. The van der Waals surface area contributed by atoms with Gasteiger partial charge in [0.25, 0.3) is 5.91 Å². The maximum absolute atomic E-state index is 13.3. The number of ether oxygens (including phenoxy) is 1. The van der Waals surface area contributed by atoms with E-state index in [1.165, 1.54) is 19.1 Å². The molecule has 1 N–H and O–H groups in total. The number of halogens is 2. The van der Waals surface area contributed by atoms with Crippen LogP contribution in [0.5, 0.6) is 0 Å². The van der Waals surface area contributed by atoms with Crippen LogP contribution in [-0.4, -0.2) is 18.0 Å². The van der Waals surface area contributed by atoms with Gasteiger partial charge in [0.1, 0.15) is 5.82 Å². The topological polar surface area (TPSA) is 55.4 Å². The van der Waals surface area contributed by atoms with Crippen LogP contribution in [0.3, 0.4) is 0 Å². The average Bonchev–Trinajstić information content (AvgIpc) is 2.52. The molecule has 0 saturated carbocycles. The van der Waals surface area contributed by atoms with Crippen LogP contribution in [0.15, 0.2) is 40.9 Å². The van der Waals surface area contributed by atoms with E-state index in [4.69, 9.17) is 4.74 Å². The molecule has 0 aliphatic heterocycles. The monoisotopic (exact) mass is 393 g/mol. The van der Waals surface area contributed by atoms with Crippen molar-refractivity contribution in [2.75, 3.05) is 5.32 Å². The maximum Gasteiger partial charge on any atom is 0.340 e. The van der Waals surface area contributed by atoms with Crippen molar-refractivity contribution in [3.8, 4) is 0 Å². The summed E-state index contributed by atoms with van der Waals surface area (Å²) in [6, 6.07) is 9.30. The van der Waals surface area contributed by atoms with E-state index in [-0.39, 0.29) is 5.56 Å². The van der Waals surface area contributed by atoms with Crippen molar-refractivity contribution in [2.45, 2.75) is 26.9 Å². The van der Waals surface area contributed by atoms with Crippen molar-refractivity contribution in [3.05, 3.63) is 63.4 Å². The van der Waals surface area contributed by atoms with Crippen LogP contribution in [0.4, 0.5) is 10.1 Å². The lowest BCUT2D eigenvalue weighted by Gasteiger charge is -2.15. The fourth-order valence-electron chi connectivity index (χ4n) is 2.12. The predicted octanol–water partition coefficient (Wildman–Crippen LogP) is 4.39. The minimum atomic E-state index is -1.02. The number of esters is 1. The SMILES string of the molecule is Cc1ccc(NC(=O)[C@H](C)OC(=O)c2cc(F)ccc2Br)c(C)c1. The molecule has 0 bridgehead atoms. The maximum atomic E-state index is 13.3. The van der Waals surface area contributed by atoms with Gasteiger partial charge in [-0.3, -0.25) is 4.79 Å². The van der Waals surface area contributed by atoms with Crippen molar-refractivity contribution < 1.29 is 18.7 Å². The molecular formula is C18H17BrFNO3. The second-order valence-electron chi connectivity index (χ2n) is 5.48. The number of hydrogen-bond donors (Lipinski definition) is 1. The third-order valence-corrected chi connectivity index (χ3v) is 4.13. The third kappa shape index (κ3) is 4.41. The molecule has 0 aromatic heterocycles. The zero-order valence-corrected chi connectivity index (χ0v) is 15.1. The summed E-state index contributed by atoms with van der Waals surface area (Å²) >= 11 is 3.16. The minimum Gasteiger partial charge on any atom is -0.449 e. The lowest BCUT2D eigenvalue weighted by Crippen LogP contribution is -2.30. The van der Waals surface area contributed by atoms with E-state index in [1.54, 1.807) is 6.07 Å². The smallest absolute Gasteiger partial charge is 0.340 e. The predicted molar refractivity (Wildman–Crippen MR) is 93.5 cm³/mol. The molecule has 0 saturated heterocycles. The highest BCUT2D eigenvalue weighted by molar-refractivity contribution is 9.10. The summed E-state index contributed by atoms with van der Waals surface area (Å²) in [5, 5.41) is 2.72. The molecule has 0 heterocycles. The highest BCUT2D eigenvalue weighted by atomic mass is 79.9. The van der Waals surface area contributed by atoms with Crippen molar-refractivity contribution in [3.63, 3.8) is 0 Å². The van der Waals surface area contributed by atoms with E-state index >= 15 is 0 Å². The number of benzene rings is 2. The number of carbonyl (C=O) groups is 2. The van der Waals surface area contributed by atoms with E-state index in [9.17, 15) is 14.0 Å². The number of hydrogen-bond acceptors (Lipinski definition) is 3. The summed E-state index contributed by atoms with van der Waals surface area (Å²) in [7, 11) is 0. The van der Waals surface area contributed by atoms with E-state index in [2.05, 4.69) is 21.2 Å². The van der Waals surface area contributed by atoms with Gasteiger partial charge in [-0.2, -0.15) is 0 Å². The number of aryl methyl sites for hydroxylation is 2. The molecule has 2 rings (SSSR count). The Morgan fingerprint density at radius 2 is 1.88 bits per heavy atom. The highest BCUT2D eigenvalue weighted by Gasteiger charge is 2.21. The highest BCUT2D eigenvalue weighted by Crippen LogP contribution is 2.20. The molecule has 1 atom stereocenters. The molecular weight excluding hydrogens is 377 g/mol. The first-order valence-electron chi connectivity index (χ1n) is 7.32. The molecule has 24 heavy (non-hydrogen) atoms. The number of rotatable bonds is 4. The molecule has 1 amide bonds. The van der Waals surface area contributed by atoms with Gasteiger partial charge in [0.15, 0.2) is 6.10 Å². The van der Waals surface area contributed by atoms with Gasteiger partial charge in [-0.25, -0.2) is 9.18 Å². The van der Waals surface area contributed by atoms with Crippen LogP contribution in [0.25, 0.3) is 0 Å². The standard InChI is InChI=1S/C18H17BrFNO3/c1-10-4-7-16(11(2)8-10)21-17(22)12(3)24-18(23)14-9-13(20)5-6-15(14)19/h4-9,12H,1-3H3,(H,21,22)/t12-/m0/s1. The molecule has 126 valence electrons. The largest absolute Gasteiger partial charge is 0.449 e. The van der Waals surface area contributed by atoms with Crippen LogP contribution in [-0.2, 0) is 9.53 Å². The number of amides is 1. The molecule has 0 radical (unpaired) electrons. The fraction of sp³-hybridized carbons (Fsp3) is 0.222. The van der Waals surface area contributed by atoms with Gasteiger partial charge in [0.2, 0.25) is 0 Å². The first kappa shape index (κ1) is 18.1. The summed E-state index contributed by atoms with van der Waals surface area (Å²) in [6.45, 7) is 5.30. The van der Waals surface area contributed by atoms with Crippen molar-refractivity contribution in [1.82, 2.24) is 0 Å². The third-order valence-electron chi connectivity index (χ3n) is 3.44. The molecule has 0 fully saturated rings. The van der Waals surface area contributed by atoms with Gasteiger partial charge in [-0.05, 0) is 66.5 Å². The molecule has 2 aromatic carbocycles. The van der Waals surface area contributed by atoms with Gasteiger partial charge in [-0.15, -0.1) is 0 Å². The number of nitrogens with one attached hydrogen (secondary N) is 1. The van der Waals surface area contributed by atoms with Gasteiger partial charge in [0.05, 0.1) is 5.56 Å². The summed E-state index contributed by atoms with van der Waals surface area (Å²) in [5.41, 5.74) is 2.68. The molecule has 4 nitrogen and oxygen atoms in total. The summed E-state index contributed by atoms with van der Waals surface area (Å²) in [4.78, 5) is 24.3. The van der Waals surface area contributed by atoms with E-state index in [1.807, 2.05) is 26.0 Å². The minimum absolute atomic E-state index is 0.0289. The fourth-order valence-corrected chi connectivity index (χ4v) is 2.53. The zero-order valence-electron chi connectivity index (χ0n) is 13.5. The summed E-state index contributed by atoms with van der Waals surface area (Å²) < 4.78 is 18.8. The van der Waals surface area contributed by atoms with E-state index < -0.39 is 23.8 Å². The number of anilines is 1. The Kier molecular flexibility index (Phi) is 5.72. The summed E-state index contributed by atoms with van der Waals surface area (Å²) in [6.07, 6.45) is -1.02. The second kappa shape index (κ2) is 7.57. The molecule has 0 aliphatic carbocycles. The second-order valence-corrected chi connectivity index (χ2v) is 6.33. The molecule has 6 heteroatoms. The lowest BCUT2D eigenvalue weighted by molar-refractivity contribution is -0.123.